The molecule has 1 saturated heterocycles. The van der Waals surface area contributed by atoms with Gasteiger partial charge in [-0.05, 0) is 19.4 Å². The van der Waals surface area contributed by atoms with E-state index in [-0.39, 0.29) is 17.5 Å². The van der Waals surface area contributed by atoms with Crippen LogP contribution in [0.1, 0.15) is 25.0 Å². The first-order valence-electron chi connectivity index (χ1n) is 6.11. The Labute approximate surface area is 108 Å². The molecule has 0 radical (unpaired) electrons. The van der Waals surface area contributed by atoms with Crippen molar-refractivity contribution in [2.45, 2.75) is 25.5 Å². The van der Waals surface area contributed by atoms with Crippen molar-refractivity contribution >= 4 is 15.5 Å². The third-order valence-electron chi connectivity index (χ3n) is 3.52. The Morgan fingerprint density at radius 3 is 2.61 bits per heavy atom. The maximum atomic E-state index is 11.5. The Morgan fingerprint density at radius 1 is 1.39 bits per heavy atom. The molecular formula is C13H19NO3S. The van der Waals surface area contributed by atoms with Gasteiger partial charge in [0, 0.05) is 24.3 Å². The number of anilines is 1. The number of aliphatic hydroxyl groups is 1. The first-order valence-corrected chi connectivity index (χ1v) is 7.93. The molecule has 1 fully saturated rings. The first kappa shape index (κ1) is 13.4. The summed E-state index contributed by atoms with van der Waals surface area (Å²) < 4.78 is 23.0. The van der Waals surface area contributed by atoms with Crippen LogP contribution in [0, 0.1) is 0 Å². The highest BCUT2D eigenvalue weighted by molar-refractivity contribution is 7.91. The van der Waals surface area contributed by atoms with Crippen molar-refractivity contribution in [3.05, 3.63) is 29.8 Å². The molecule has 1 N–H and O–H groups in total. The third kappa shape index (κ3) is 2.67. The lowest BCUT2D eigenvalue weighted by molar-refractivity contribution is 0.199. The fraction of sp³-hybridized carbons (Fsp3) is 0.538. The molecule has 100 valence electrons. The van der Waals surface area contributed by atoms with Crippen molar-refractivity contribution in [1.29, 1.82) is 0 Å². The fourth-order valence-electron chi connectivity index (χ4n) is 2.44. The third-order valence-corrected chi connectivity index (χ3v) is 5.27. The summed E-state index contributed by atoms with van der Waals surface area (Å²) in [5, 5.41) is 9.75. The SMILES string of the molecule is CC(O)c1ccccc1N(C)C1CCS(=O)(=O)C1. The standard InChI is InChI=1S/C13H19NO3S/c1-10(15)12-5-3-4-6-13(12)14(2)11-7-8-18(16,17)9-11/h3-6,10-11,15H,7-9H2,1-2H3. The van der Waals surface area contributed by atoms with E-state index < -0.39 is 15.9 Å². The number of rotatable bonds is 3. The van der Waals surface area contributed by atoms with E-state index in [4.69, 9.17) is 0 Å². The maximum absolute atomic E-state index is 11.5. The van der Waals surface area contributed by atoms with Gasteiger partial charge in [0.15, 0.2) is 9.84 Å². The van der Waals surface area contributed by atoms with Gasteiger partial charge < -0.3 is 10.0 Å². The van der Waals surface area contributed by atoms with E-state index in [0.29, 0.717) is 6.42 Å². The minimum absolute atomic E-state index is 0.00917. The van der Waals surface area contributed by atoms with Crippen LogP contribution in [0.4, 0.5) is 5.69 Å². The van der Waals surface area contributed by atoms with Gasteiger partial charge in [-0.2, -0.15) is 0 Å². The number of sulfone groups is 1. The quantitative estimate of drug-likeness (QED) is 0.900. The van der Waals surface area contributed by atoms with E-state index in [0.717, 1.165) is 11.3 Å². The highest BCUT2D eigenvalue weighted by atomic mass is 32.2. The van der Waals surface area contributed by atoms with Crippen molar-refractivity contribution in [2.24, 2.45) is 0 Å². The van der Waals surface area contributed by atoms with Crippen LogP contribution in [0.2, 0.25) is 0 Å². The predicted octanol–water partition coefficient (Wildman–Crippen LogP) is 1.36. The molecule has 1 heterocycles. The van der Waals surface area contributed by atoms with E-state index in [9.17, 15) is 13.5 Å². The summed E-state index contributed by atoms with van der Waals surface area (Å²) in [5.74, 6) is 0.469. The molecule has 2 atom stereocenters. The number of benzene rings is 1. The van der Waals surface area contributed by atoms with Gasteiger partial charge in [-0.1, -0.05) is 18.2 Å². The molecule has 1 aromatic carbocycles. The second kappa shape index (κ2) is 4.90. The molecule has 1 aliphatic rings. The lowest BCUT2D eigenvalue weighted by Crippen LogP contribution is -2.33. The summed E-state index contributed by atoms with van der Waals surface area (Å²) in [6.45, 7) is 1.72. The van der Waals surface area contributed by atoms with E-state index >= 15 is 0 Å². The Balaban J connectivity index is 2.27. The minimum atomic E-state index is -2.89. The number of hydrogen-bond acceptors (Lipinski definition) is 4. The average Bonchev–Trinajstić information content (AvgIpc) is 2.68. The molecule has 4 nitrogen and oxygen atoms in total. The van der Waals surface area contributed by atoms with Crippen molar-refractivity contribution in [1.82, 2.24) is 0 Å². The molecule has 1 aliphatic heterocycles. The molecule has 2 unspecified atom stereocenters. The Kier molecular flexibility index (Phi) is 3.64. The predicted molar refractivity (Wildman–Crippen MR) is 72.5 cm³/mol. The van der Waals surface area contributed by atoms with Gasteiger partial charge in [0.1, 0.15) is 0 Å². The summed E-state index contributed by atoms with van der Waals surface area (Å²) in [6, 6.07) is 7.59. The van der Waals surface area contributed by atoms with Gasteiger partial charge >= 0.3 is 0 Å². The van der Waals surface area contributed by atoms with Gasteiger partial charge in [-0.15, -0.1) is 0 Å². The molecule has 18 heavy (non-hydrogen) atoms. The number of aliphatic hydroxyl groups excluding tert-OH is 1. The van der Waals surface area contributed by atoms with Gasteiger partial charge in [0.25, 0.3) is 0 Å². The van der Waals surface area contributed by atoms with E-state index in [1.165, 1.54) is 0 Å². The number of hydrogen-bond donors (Lipinski definition) is 1. The zero-order chi connectivity index (χ0) is 13.3. The highest BCUT2D eigenvalue weighted by Crippen LogP contribution is 2.29. The van der Waals surface area contributed by atoms with E-state index in [2.05, 4.69) is 0 Å². The molecule has 2 rings (SSSR count). The molecule has 0 aliphatic carbocycles. The molecule has 0 aromatic heterocycles. The Morgan fingerprint density at radius 2 is 2.06 bits per heavy atom. The topological polar surface area (TPSA) is 57.6 Å². The van der Waals surface area contributed by atoms with Gasteiger partial charge in [-0.25, -0.2) is 8.42 Å². The number of para-hydroxylation sites is 1. The first-order chi connectivity index (χ1) is 8.41. The summed E-state index contributed by atoms with van der Waals surface area (Å²) in [5.41, 5.74) is 1.75. The number of nitrogens with zero attached hydrogens (tertiary/aromatic N) is 1. The molecule has 5 heteroatoms. The minimum Gasteiger partial charge on any atom is -0.389 e. The summed E-state index contributed by atoms with van der Waals surface area (Å²) in [4.78, 5) is 1.98. The van der Waals surface area contributed by atoms with Gasteiger partial charge in [0.05, 0.1) is 17.6 Å². The Hall–Kier alpha value is -1.07. The van der Waals surface area contributed by atoms with E-state index in [1.807, 2.05) is 36.2 Å². The second-order valence-electron chi connectivity index (χ2n) is 4.90. The zero-order valence-electron chi connectivity index (χ0n) is 10.7. The maximum Gasteiger partial charge on any atom is 0.152 e. The fourth-order valence-corrected chi connectivity index (χ4v) is 4.21. The van der Waals surface area contributed by atoms with Crippen LogP contribution >= 0.6 is 0 Å². The molecule has 0 saturated carbocycles. The van der Waals surface area contributed by atoms with Crippen LogP contribution in [0.3, 0.4) is 0 Å². The van der Waals surface area contributed by atoms with Gasteiger partial charge in [0.2, 0.25) is 0 Å². The second-order valence-corrected chi connectivity index (χ2v) is 7.13. The monoisotopic (exact) mass is 269 g/mol. The zero-order valence-corrected chi connectivity index (χ0v) is 11.5. The van der Waals surface area contributed by atoms with Gasteiger partial charge in [-0.3, -0.25) is 0 Å². The molecule has 1 aromatic rings. The van der Waals surface area contributed by atoms with Crippen molar-refractivity contribution in [3.63, 3.8) is 0 Å². The van der Waals surface area contributed by atoms with Crippen molar-refractivity contribution in [2.75, 3.05) is 23.5 Å². The van der Waals surface area contributed by atoms with E-state index in [1.54, 1.807) is 6.92 Å². The summed E-state index contributed by atoms with van der Waals surface area (Å²) in [6.07, 6.45) is 0.106. The van der Waals surface area contributed by atoms with Crippen LogP contribution in [-0.2, 0) is 9.84 Å². The van der Waals surface area contributed by atoms with Crippen LogP contribution in [0.25, 0.3) is 0 Å². The summed E-state index contributed by atoms with van der Waals surface area (Å²) >= 11 is 0. The van der Waals surface area contributed by atoms with Crippen LogP contribution in [-0.4, -0.2) is 38.1 Å². The normalized spacial score (nSPS) is 23.8. The Bertz CT molecular complexity index is 525. The lowest BCUT2D eigenvalue weighted by atomic mass is 10.1. The van der Waals surface area contributed by atoms with Crippen LogP contribution in [0.15, 0.2) is 24.3 Å². The highest BCUT2D eigenvalue weighted by Gasteiger charge is 2.31. The average molecular weight is 269 g/mol. The smallest absolute Gasteiger partial charge is 0.152 e. The van der Waals surface area contributed by atoms with Crippen LogP contribution < -0.4 is 4.90 Å². The largest absolute Gasteiger partial charge is 0.389 e. The molecule has 0 spiro atoms. The van der Waals surface area contributed by atoms with Crippen molar-refractivity contribution < 1.29 is 13.5 Å². The molecule has 0 bridgehead atoms. The van der Waals surface area contributed by atoms with Crippen LogP contribution in [0.5, 0.6) is 0 Å². The lowest BCUT2D eigenvalue weighted by Gasteiger charge is -2.28. The van der Waals surface area contributed by atoms with Crippen molar-refractivity contribution in [3.8, 4) is 0 Å². The molecular weight excluding hydrogens is 250 g/mol. The summed E-state index contributed by atoms with van der Waals surface area (Å²) in [7, 11) is -0.990. The molecule has 0 amide bonds.